The number of carbonyl (C=O) groups excluding carboxylic acids is 1. The van der Waals surface area contributed by atoms with Crippen LogP contribution in [0.25, 0.3) is 0 Å². The average Bonchev–Trinajstić information content (AvgIpc) is 2.69. The molecular formula is C16H21N3O2. The number of aromatic nitrogens is 2. The van der Waals surface area contributed by atoms with Crippen LogP contribution in [0, 0.1) is 20.8 Å². The summed E-state index contributed by atoms with van der Waals surface area (Å²) in [6.07, 6.45) is 0. The Labute approximate surface area is 124 Å². The van der Waals surface area contributed by atoms with Crippen LogP contribution in [-0.4, -0.2) is 15.9 Å². The zero-order valence-electron chi connectivity index (χ0n) is 13.4. The monoisotopic (exact) mass is 287 g/mol. The zero-order valence-corrected chi connectivity index (χ0v) is 13.4. The molecule has 0 saturated heterocycles. The van der Waals surface area contributed by atoms with Crippen molar-refractivity contribution >= 4 is 11.7 Å². The number of hydrogen-bond acceptors (Lipinski definition) is 4. The molecule has 2 rings (SSSR count). The minimum Gasteiger partial charge on any atom is -0.465 e. The second kappa shape index (κ2) is 5.31. The van der Waals surface area contributed by atoms with E-state index in [9.17, 15) is 4.79 Å². The Balaban J connectivity index is 2.26. The van der Waals surface area contributed by atoms with E-state index < -0.39 is 0 Å². The van der Waals surface area contributed by atoms with Gasteiger partial charge in [-0.1, -0.05) is 20.8 Å². The first-order valence-corrected chi connectivity index (χ1v) is 6.91. The number of nitrogens with zero attached hydrogens (tertiary/aromatic N) is 2. The van der Waals surface area contributed by atoms with E-state index in [-0.39, 0.29) is 11.3 Å². The van der Waals surface area contributed by atoms with E-state index in [1.54, 1.807) is 26.0 Å². The van der Waals surface area contributed by atoms with Gasteiger partial charge in [0, 0.05) is 17.2 Å². The van der Waals surface area contributed by atoms with Crippen LogP contribution in [0.2, 0.25) is 0 Å². The normalized spacial score (nSPS) is 11.5. The highest BCUT2D eigenvalue weighted by molar-refractivity contribution is 6.04. The predicted octanol–water partition coefficient (Wildman–Crippen LogP) is 3.54. The lowest BCUT2D eigenvalue weighted by Crippen LogP contribution is -2.14. The molecule has 0 bridgehead atoms. The molecule has 2 heterocycles. The van der Waals surface area contributed by atoms with Gasteiger partial charge in [-0.15, -0.1) is 0 Å². The van der Waals surface area contributed by atoms with E-state index in [0.717, 1.165) is 11.5 Å². The predicted molar refractivity (Wildman–Crippen MR) is 81.6 cm³/mol. The van der Waals surface area contributed by atoms with E-state index in [1.807, 2.05) is 27.7 Å². The summed E-state index contributed by atoms with van der Waals surface area (Å²) >= 11 is 0. The Kier molecular flexibility index (Phi) is 3.85. The molecule has 112 valence electrons. The molecule has 0 radical (unpaired) electrons. The van der Waals surface area contributed by atoms with E-state index in [1.165, 1.54) is 0 Å². The second-order valence-electron chi connectivity index (χ2n) is 6.23. The Morgan fingerprint density at radius 2 is 1.81 bits per heavy atom. The molecule has 5 heteroatoms. The van der Waals surface area contributed by atoms with Crippen LogP contribution in [0.1, 0.15) is 54.2 Å². The summed E-state index contributed by atoms with van der Waals surface area (Å²) in [5, 5.41) is 2.80. The molecule has 1 N–H and O–H groups in total. The van der Waals surface area contributed by atoms with Crippen molar-refractivity contribution in [1.29, 1.82) is 0 Å². The smallest absolute Gasteiger partial charge is 0.260 e. The fraction of sp³-hybridized carbons (Fsp3) is 0.438. The summed E-state index contributed by atoms with van der Waals surface area (Å²) in [4.78, 5) is 20.8. The molecule has 0 atom stereocenters. The standard InChI is InChI=1S/C16H21N3O2/c1-9-7-14(18-11(3)17-9)19-15(20)12-8-13(16(4,5)6)21-10(12)2/h7-8H,1-6H3,(H,17,18,19,20). The van der Waals surface area contributed by atoms with E-state index >= 15 is 0 Å². The summed E-state index contributed by atoms with van der Waals surface area (Å²) < 4.78 is 5.69. The summed E-state index contributed by atoms with van der Waals surface area (Å²) in [5.41, 5.74) is 1.22. The Morgan fingerprint density at radius 3 is 2.33 bits per heavy atom. The van der Waals surface area contributed by atoms with Gasteiger partial charge in [0.25, 0.3) is 5.91 Å². The van der Waals surface area contributed by atoms with Crippen LogP contribution in [0.4, 0.5) is 5.82 Å². The number of carbonyl (C=O) groups is 1. The molecule has 2 aromatic rings. The van der Waals surface area contributed by atoms with Crippen LogP contribution in [0.3, 0.4) is 0 Å². The Bertz CT molecular complexity index is 661. The highest BCUT2D eigenvalue weighted by atomic mass is 16.3. The van der Waals surface area contributed by atoms with Crippen molar-refractivity contribution in [2.75, 3.05) is 5.32 Å². The van der Waals surface area contributed by atoms with Crippen molar-refractivity contribution in [3.05, 3.63) is 40.7 Å². The van der Waals surface area contributed by atoms with Crippen LogP contribution < -0.4 is 5.32 Å². The lowest BCUT2D eigenvalue weighted by Gasteiger charge is -2.13. The third-order valence-electron chi connectivity index (χ3n) is 3.11. The van der Waals surface area contributed by atoms with Crippen molar-refractivity contribution in [2.24, 2.45) is 0 Å². The summed E-state index contributed by atoms with van der Waals surface area (Å²) in [5.74, 6) is 2.32. The molecule has 21 heavy (non-hydrogen) atoms. The van der Waals surface area contributed by atoms with E-state index in [4.69, 9.17) is 4.42 Å². The molecule has 0 fully saturated rings. The number of rotatable bonds is 2. The van der Waals surface area contributed by atoms with Gasteiger partial charge in [0.05, 0.1) is 5.56 Å². The summed E-state index contributed by atoms with van der Waals surface area (Å²) in [6, 6.07) is 3.54. The molecule has 2 aromatic heterocycles. The molecule has 0 aliphatic heterocycles. The van der Waals surface area contributed by atoms with Crippen LogP contribution in [-0.2, 0) is 5.41 Å². The van der Waals surface area contributed by atoms with Crippen molar-refractivity contribution in [3.8, 4) is 0 Å². The van der Waals surface area contributed by atoms with Gasteiger partial charge < -0.3 is 9.73 Å². The lowest BCUT2D eigenvalue weighted by atomic mass is 9.93. The maximum Gasteiger partial charge on any atom is 0.260 e. The molecular weight excluding hydrogens is 266 g/mol. The number of nitrogens with one attached hydrogen (secondary N) is 1. The van der Waals surface area contributed by atoms with Gasteiger partial charge in [0.15, 0.2) is 0 Å². The minimum absolute atomic E-state index is 0.134. The molecule has 1 amide bonds. The lowest BCUT2D eigenvalue weighted by molar-refractivity contribution is 0.102. The van der Waals surface area contributed by atoms with Gasteiger partial charge >= 0.3 is 0 Å². The van der Waals surface area contributed by atoms with Gasteiger partial charge in [0.2, 0.25) is 0 Å². The fourth-order valence-electron chi connectivity index (χ4n) is 2.04. The number of hydrogen-bond donors (Lipinski definition) is 1. The fourth-order valence-corrected chi connectivity index (χ4v) is 2.04. The first kappa shape index (κ1) is 15.2. The third-order valence-corrected chi connectivity index (χ3v) is 3.11. The first-order valence-electron chi connectivity index (χ1n) is 6.91. The van der Waals surface area contributed by atoms with E-state index in [2.05, 4.69) is 15.3 Å². The minimum atomic E-state index is -0.218. The van der Waals surface area contributed by atoms with E-state index in [0.29, 0.717) is 23.0 Å². The van der Waals surface area contributed by atoms with Gasteiger partial charge in [0.1, 0.15) is 23.2 Å². The maximum absolute atomic E-state index is 12.4. The number of aryl methyl sites for hydroxylation is 3. The van der Waals surface area contributed by atoms with Crippen LogP contribution in [0.15, 0.2) is 16.5 Å². The molecule has 0 spiro atoms. The molecule has 5 nitrogen and oxygen atoms in total. The Hall–Kier alpha value is -2.17. The second-order valence-corrected chi connectivity index (χ2v) is 6.23. The maximum atomic E-state index is 12.4. The van der Waals surface area contributed by atoms with Gasteiger partial charge in [-0.3, -0.25) is 4.79 Å². The zero-order chi connectivity index (χ0) is 15.8. The molecule has 0 unspecified atom stereocenters. The van der Waals surface area contributed by atoms with Crippen molar-refractivity contribution < 1.29 is 9.21 Å². The first-order chi connectivity index (χ1) is 9.66. The highest BCUT2D eigenvalue weighted by Crippen LogP contribution is 2.27. The molecule has 0 aliphatic rings. The Morgan fingerprint density at radius 1 is 1.14 bits per heavy atom. The van der Waals surface area contributed by atoms with Crippen LogP contribution in [0.5, 0.6) is 0 Å². The summed E-state index contributed by atoms with van der Waals surface area (Å²) in [7, 11) is 0. The highest BCUT2D eigenvalue weighted by Gasteiger charge is 2.23. The van der Waals surface area contributed by atoms with Crippen molar-refractivity contribution in [2.45, 2.75) is 47.0 Å². The number of amides is 1. The number of anilines is 1. The van der Waals surface area contributed by atoms with Crippen LogP contribution >= 0.6 is 0 Å². The van der Waals surface area contributed by atoms with Gasteiger partial charge in [-0.05, 0) is 26.8 Å². The quantitative estimate of drug-likeness (QED) is 0.917. The van der Waals surface area contributed by atoms with Crippen molar-refractivity contribution in [3.63, 3.8) is 0 Å². The third kappa shape index (κ3) is 3.48. The van der Waals surface area contributed by atoms with Crippen molar-refractivity contribution in [1.82, 2.24) is 9.97 Å². The number of furan rings is 1. The SMILES string of the molecule is Cc1cc(NC(=O)c2cc(C(C)(C)C)oc2C)nc(C)n1. The van der Waals surface area contributed by atoms with Gasteiger partial charge in [-0.25, -0.2) is 9.97 Å². The largest absolute Gasteiger partial charge is 0.465 e. The van der Waals surface area contributed by atoms with Gasteiger partial charge in [-0.2, -0.15) is 0 Å². The molecule has 0 saturated carbocycles. The summed E-state index contributed by atoms with van der Waals surface area (Å²) in [6.45, 7) is 11.6. The average molecular weight is 287 g/mol. The molecule has 0 aromatic carbocycles. The topological polar surface area (TPSA) is 68.0 Å². The molecule has 0 aliphatic carbocycles.